The molecule has 2 unspecified atom stereocenters. The van der Waals surface area contributed by atoms with Crippen molar-refractivity contribution in [2.45, 2.75) is 127 Å². The standard InChI is InChI=1S/C9H18O.C9H18.C8H16O.CH4/c1-9(2,3)8-5-4-6-10-7-8;1-9(2,3)8-6-4-5-7-8;1-8(2,3)7-5-4-6-9-7;/h8H,4-7H2,1-3H3;8H,4-7H2,1-3H3;7H,4-6H2,1-3H3;1H4. The first kappa shape index (κ1) is 28.9. The number of hydrogen-bond acceptors (Lipinski definition) is 2. The molecule has 0 aromatic heterocycles. The summed E-state index contributed by atoms with van der Waals surface area (Å²) in [6.07, 6.45) is 11.5. The van der Waals surface area contributed by atoms with Crippen LogP contribution in [-0.2, 0) is 9.47 Å². The number of ether oxygens (including phenoxy) is 2. The molecular weight excluding hydrogens is 356 g/mol. The Bertz CT molecular complexity index is 364. The summed E-state index contributed by atoms with van der Waals surface area (Å²) < 4.78 is 10.9. The van der Waals surface area contributed by atoms with Gasteiger partial charge >= 0.3 is 0 Å². The summed E-state index contributed by atoms with van der Waals surface area (Å²) >= 11 is 0. The molecule has 0 radical (unpaired) electrons. The van der Waals surface area contributed by atoms with Crippen LogP contribution in [0.15, 0.2) is 0 Å². The van der Waals surface area contributed by atoms with Crippen molar-refractivity contribution < 1.29 is 9.47 Å². The van der Waals surface area contributed by atoms with E-state index >= 15 is 0 Å². The first-order chi connectivity index (χ1) is 12.8. The maximum atomic E-state index is 5.52. The molecule has 0 amide bonds. The van der Waals surface area contributed by atoms with Crippen molar-refractivity contribution in [3.05, 3.63) is 0 Å². The third-order valence-electron chi connectivity index (χ3n) is 6.86. The van der Waals surface area contributed by atoms with E-state index in [1.165, 1.54) is 51.4 Å². The van der Waals surface area contributed by atoms with E-state index in [-0.39, 0.29) is 7.43 Å². The molecule has 2 atom stereocenters. The molecule has 2 heterocycles. The van der Waals surface area contributed by atoms with Gasteiger partial charge in [-0.15, -0.1) is 0 Å². The van der Waals surface area contributed by atoms with Crippen LogP contribution in [0, 0.1) is 28.1 Å². The van der Waals surface area contributed by atoms with E-state index in [2.05, 4.69) is 62.3 Å². The van der Waals surface area contributed by atoms with Crippen molar-refractivity contribution in [1.82, 2.24) is 0 Å². The van der Waals surface area contributed by atoms with Gasteiger partial charge in [-0.2, -0.15) is 0 Å². The summed E-state index contributed by atoms with van der Waals surface area (Å²) in [5, 5.41) is 0. The Balaban J connectivity index is 0.000000399. The second-order valence-corrected chi connectivity index (χ2v) is 12.5. The van der Waals surface area contributed by atoms with Gasteiger partial charge in [-0.3, -0.25) is 0 Å². The Morgan fingerprint density at radius 1 is 0.552 bits per heavy atom. The lowest BCUT2D eigenvalue weighted by molar-refractivity contribution is 0.0103. The first-order valence-corrected chi connectivity index (χ1v) is 12.0. The zero-order valence-electron chi connectivity index (χ0n) is 20.8. The molecule has 3 fully saturated rings. The molecule has 3 rings (SSSR count). The fourth-order valence-corrected chi connectivity index (χ4v) is 4.48. The molecule has 1 saturated carbocycles. The molecule has 1 aliphatic carbocycles. The monoisotopic (exact) mass is 412 g/mol. The zero-order valence-corrected chi connectivity index (χ0v) is 20.8. The molecule has 2 heteroatoms. The Morgan fingerprint density at radius 2 is 1.03 bits per heavy atom. The molecule has 0 aromatic carbocycles. The lowest BCUT2D eigenvalue weighted by atomic mass is 9.78. The molecular formula is C27H56O2. The average Bonchev–Trinajstić information content (AvgIpc) is 3.29. The molecule has 2 saturated heterocycles. The van der Waals surface area contributed by atoms with Gasteiger partial charge in [-0.1, -0.05) is 82.6 Å². The fourth-order valence-electron chi connectivity index (χ4n) is 4.48. The van der Waals surface area contributed by atoms with Crippen LogP contribution in [0.5, 0.6) is 0 Å². The van der Waals surface area contributed by atoms with Gasteiger partial charge in [0.1, 0.15) is 0 Å². The average molecular weight is 413 g/mol. The molecule has 3 aliphatic rings. The quantitative estimate of drug-likeness (QED) is 0.397. The van der Waals surface area contributed by atoms with E-state index in [0.29, 0.717) is 22.3 Å². The fraction of sp³-hybridized carbons (Fsp3) is 1.00. The third kappa shape index (κ3) is 11.8. The Kier molecular flexibility index (Phi) is 12.7. The van der Waals surface area contributed by atoms with Crippen LogP contribution < -0.4 is 0 Å². The minimum atomic E-state index is 0. The highest BCUT2D eigenvalue weighted by Crippen LogP contribution is 2.38. The van der Waals surface area contributed by atoms with E-state index < -0.39 is 0 Å². The number of hydrogen-bond donors (Lipinski definition) is 0. The van der Waals surface area contributed by atoms with Crippen LogP contribution in [-0.4, -0.2) is 25.9 Å². The molecule has 176 valence electrons. The van der Waals surface area contributed by atoms with E-state index in [9.17, 15) is 0 Å². The summed E-state index contributed by atoms with van der Waals surface area (Å²) in [4.78, 5) is 0. The van der Waals surface area contributed by atoms with E-state index in [0.717, 1.165) is 31.7 Å². The summed E-state index contributed by atoms with van der Waals surface area (Å²) in [5.74, 6) is 1.79. The van der Waals surface area contributed by atoms with Crippen LogP contribution in [0.3, 0.4) is 0 Å². The third-order valence-corrected chi connectivity index (χ3v) is 6.86. The van der Waals surface area contributed by atoms with Gasteiger partial charge in [0, 0.05) is 19.8 Å². The second kappa shape index (κ2) is 12.7. The van der Waals surface area contributed by atoms with Gasteiger partial charge in [0.25, 0.3) is 0 Å². The Labute approximate surface area is 184 Å². The van der Waals surface area contributed by atoms with Crippen molar-refractivity contribution in [1.29, 1.82) is 0 Å². The van der Waals surface area contributed by atoms with Crippen LogP contribution in [0.25, 0.3) is 0 Å². The molecule has 2 nitrogen and oxygen atoms in total. The van der Waals surface area contributed by atoms with Gasteiger partial charge in [0.2, 0.25) is 0 Å². The van der Waals surface area contributed by atoms with Gasteiger partial charge in [-0.25, -0.2) is 0 Å². The van der Waals surface area contributed by atoms with Gasteiger partial charge in [0.15, 0.2) is 0 Å². The largest absolute Gasteiger partial charge is 0.381 e. The molecule has 29 heavy (non-hydrogen) atoms. The zero-order chi connectivity index (χ0) is 21.4. The number of rotatable bonds is 0. The lowest BCUT2D eigenvalue weighted by Crippen LogP contribution is -2.29. The van der Waals surface area contributed by atoms with Crippen LogP contribution in [0.1, 0.15) is 121 Å². The van der Waals surface area contributed by atoms with E-state index in [4.69, 9.17) is 9.47 Å². The minimum Gasteiger partial charge on any atom is -0.381 e. The van der Waals surface area contributed by atoms with Crippen molar-refractivity contribution >= 4 is 0 Å². The predicted octanol–water partition coefficient (Wildman–Crippen LogP) is 8.53. The normalized spacial score (nSPS) is 26.0. The molecule has 0 aromatic rings. The topological polar surface area (TPSA) is 18.5 Å². The van der Waals surface area contributed by atoms with Crippen LogP contribution in [0.4, 0.5) is 0 Å². The summed E-state index contributed by atoms with van der Waals surface area (Å²) in [6, 6.07) is 0. The molecule has 2 aliphatic heterocycles. The highest BCUT2D eigenvalue weighted by Gasteiger charge is 2.28. The van der Waals surface area contributed by atoms with Crippen molar-refractivity contribution in [2.24, 2.45) is 28.1 Å². The first-order valence-electron chi connectivity index (χ1n) is 12.0. The molecule has 0 N–H and O–H groups in total. The van der Waals surface area contributed by atoms with Crippen molar-refractivity contribution in [2.75, 3.05) is 19.8 Å². The predicted molar refractivity (Wildman–Crippen MR) is 130 cm³/mol. The second-order valence-electron chi connectivity index (χ2n) is 12.5. The summed E-state index contributed by atoms with van der Waals surface area (Å²) in [7, 11) is 0. The van der Waals surface area contributed by atoms with E-state index in [1.807, 2.05) is 0 Å². The maximum Gasteiger partial charge on any atom is 0.0624 e. The minimum absolute atomic E-state index is 0. The van der Waals surface area contributed by atoms with E-state index in [1.54, 1.807) is 0 Å². The van der Waals surface area contributed by atoms with Crippen molar-refractivity contribution in [3.63, 3.8) is 0 Å². The smallest absolute Gasteiger partial charge is 0.0624 e. The molecule has 0 spiro atoms. The highest BCUT2D eigenvalue weighted by atomic mass is 16.5. The maximum absolute atomic E-state index is 5.52. The highest BCUT2D eigenvalue weighted by molar-refractivity contribution is 4.79. The molecule has 0 bridgehead atoms. The van der Waals surface area contributed by atoms with Crippen molar-refractivity contribution in [3.8, 4) is 0 Å². The SMILES string of the molecule is C.CC(C)(C)C1CCCC1.CC(C)(C)C1CCCO1.CC(C)(C)C1CCCOC1. The van der Waals surface area contributed by atoms with Gasteiger partial charge in [-0.05, 0) is 66.6 Å². The van der Waals surface area contributed by atoms with Gasteiger partial charge in [0.05, 0.1) is 6.10 Å². The Hall–Kier alpha value is -0.0800. The van der Waals surface area contributed by atoms with Gasteiger partial charge < -0.3 is 9.47 Å². The van der Waals surface area contributed by atoms with Crippen LogP contribution in [0.2, 0.25) is 0 Å². The summed E-state index contributed by atoms with van der Waals surface area (Å²) in [5.41, 5.74) is 1.38. The van der Waals surface area contributed by atoms with Crippen LogP contribution >= 0.6 is 0 Å². The Morgan fingerprint density at radius 3 is 1.28 bits per heavy atom. The lowest BCUT2D eigenvalue weighted by Gasteiger charge is -2.33. The summed E-state index contributed by atoms with van der Waals surface area (Å²) in [6.45, 7) is 23.6.